The van der Waals surface area contributed by atoms with E-state index in [1.807, 2.05) is 0 Å². The molecule has 7 heteroatoms. The van der Waals surface area contributed by atoms with E-state index in [4.69, 9.17) is 30.6 Å². The average Bonchev–Trinajstić information content (AvgIpc) is 2.36. The molecule has 0 aromatic carbocycles. The number of carbonyl (C=O) groups excluding carboxylic acids is 4. The second kappa shape index (κ2) is 28.7. The molecular formula is C16H32N2NiO4+4. The van der Waals surface area contributed by atoms with Gasteiger partial charge in [0, 0.05) is 27.7 Å². The number of rotatable bonds is 6. The fraction of sp³-hybridized carbons (Fsp3) is 0.500. The summed E-state index contributed by atoms with van der Waals surface area (Å²) in [6, 6.07) is 0. The first-order valence-corrected chi connectivity index (χ1v) is 6.65. The van der Waals surface area contributed by atoms with Crippen molar-refractivity contribution in [3.63, 3.8) is 0 Å². The van der Waals surface area contributed by atoms with Crippen LogP contribution in [0.3, 0.4) is 0 Å². The maximum atomic E-state index is 8.46. The molecule has 23 heavy (non-hydrogen) atoms. The van der Waals surface area contributed by atoms with Gasteiger partial charge in [-0.1, -0.05) is 0 Å². The van der Waals surface area contributed by atoms with Crippen molar-refractivity contribution in [1.29, 1.82) is 0 Å². The van der Waals surface area contributed by atoms with Crippen LogP contribution in [0.4, 0.5) is 0 Å². The summed E-state index contributed by atoms with van der Waals surface area (Å²) in [7, 11) is 0. The zero-order valence-electron chi connectivity index (χ0n) is 14.5. The van der Waals surface area contributed by atoms with Crippen molar-refractivity contribution >= 4 is 23.1 Å². The summed E-state index contributed by atoms with van der Waals surface area (Å²) >= 11 is 0. The molecule has 0 amide bonds. The average molecular weight is 375 g/mol. The zero-order valence-corrected chi connectivity index (χ0v) is 15.5. The zero-order chi connectivity index (χ0) is 18.6. The molecule has 0 aliphatic heterocycles. The van der Waals surface area contributed by atoms with Gasteiger partial charge < -0.3 is 11.5 Å². The van der Waals surface area contributed by atoms with Crippen LogP contribution in [-0.2, 0) is 16.5 Å². The van der Waals surface area contributed by atoms with Gasteiger partial charge in [-0.15, -0.1) is 38.4 Å². The topological polar surface area (TPSA) is 133 Å². The Morgan fingerprint density at radius 3 is 0.826 bits per heavy atom. The predicted octanol–water partition coefficient (Wildman–Crippen LogP) is 3.46. The maximum absolute atomic E-state index is 8.46. The fourth-order valence-electron chi connectivity index (χ4n) is 0.740. The van der Waals surface area contributed by atoms with Crippen LogP contribution in [0.1, 0.15) is 40.5 Å². The maximum Gasteiger partial charge on any atom is 2.00 e. The number of hydrogen-bond acceptors (Lipinski definition) is 0. The summed E-state index contributed by atoms with van der Waals surface area (Å²) in [5.41, 5.74) is 12.7. The summed E-state index contributed by atoms with van der Waals surface area (Å²) < 4.78 is 0. The van der Waals surface area contributed by atoms with Gasteiger partial charge in [0.15, 0.2) is 12.8 Å². The summed E-state index contributed by atoms with van der Waals surface area (Å²) in [5.74, 6) is 1.00. The number of nitrogens with one attached hydrogen (secondary N) is 2. The Morgan fingerprint density at radius 2 is 0.826 bits per heavy atom. The normalized spacial score (nSPS) is 7.22. The molecule has 0 radical (unpaired) electrons. The Morgan fingerprint density at radius 1 is 0.696 bits per heavy atom. The Balaban J connectivity index is -0.0000000639. The number of ketones is 4. The van der Waals surface area contributed by atoms with Crippen molar-refractivity contribution in [2.45, 2.75) is 40.5 Å². The van der Waals surface area contributed by atoms with Gasteiger partial charge in [-0.25, -0.2) is 0 Å². The van der Waals surface area contributed by atoms with E-state index < -0.39 is 0 Å². The van der Waals surface area contributed by atoms with Crippen LogP contribution >= 0.6 is 0 Å². The van der Waals surface area contributed by atoms with Crippen LogP contribution in [0.25, 0.3) is 11.5 Å². The molecule has 6 nitrogen and oxygen atoms in total. The van der Waals surface area contributed by atoms with Crippen LogP contribution in [0.5, 0.6) is 0 Å². The van der Waals surface area contributed by atoms with Gasteiger partial charge in [0.1, 0.15) is 0 Å². The minimum Gasteiger partial charge on any atom is -0.674 e. The molecule has 0 aliphatic carbocycles. The second-order valence-electron chi connectivity index (χ2n) is 4.28. The Kier molecular flexibility index (Phi) is 41.5. The first kappa shape index (κ1) is 33.2. The van der Waals surface area contributed by atoms with E-state index in [1.54, 1.807) is 39.8 Å². The van der Waals surface area contributed by atoms with E-state index in [-0.39, 0.29) is 39.6 Å². The van der Waals surface area contributed by atoms with Gasteiger partial charge in [0.05, 0.1) is 0 Å². The van der Waals surface area contributed by atoms with E-state index in [0.717, 1.165) is 0 Å². The molecular weight excluding hydrogens is 343 g/mol. The minimum absolute atomic E-state index is 0. The van der Waals surface area contributed by atoms with Gasteiger partial charge >= 0.3 is 39.6 Å². The molecule has 0 atom stereocenters. The van der Waals surface area contributed by atoms with Crippen LogP contribution in [0.2, 0.25) is 0 Å². The van der Waals surface area contributed by atoms with Crippen molar-refractivity contribution in [3.05, 3.63) is 36.8 Å². The molecule has 6 N–H and O–H groups in total. The summed E-state index contributed by atoms with van der Waals surface area (Å²) in [6.07, 6.45) is 3.69. The van der Waals surface area contributed by atoms with Crippen LogP contribution < -0.4 is 0 Å². The van der Waals surface area contributed by atoms with Gasteiger partial charge in [-0.2, -0.15) is 0 Å². The van der Waals surface area contributed by atoms with E-state index in [2.05, 4.69) is 13.2 Å². The molecule has 0 aliphatic rings. The molecule has 0 heterocycles. The third kappa shape index (κ3) is 96.6. The van der Waals surface area contributed by atoms with E-state index >= 15 is 0 Å². The Bertz CT molecular complexity index is 298. The van der Waals surface area contributed by atoms with Gasteiger partial charge in [-0.05, 0) is 0 Å². The molecule has 0 aromatic rings. The van der Waals surface area contributed by atoms with Crippen LogP contribution in [-0.4, -0.2) is 55.4 Å². The van der Waals surface area contributed by atoms with Crippen molar-refractivity contribution in [3.8, 4) is 0 Å². The first-order chi connectivity index (χ1) is 10.1. The number of hydrogen-bond donors (Lipinski definition) is 0. The van der Waals surface area contributed by atoms with Crippen molar-refractivity contribution in [2.75, 3.05) is 13.1 Å². The minimum atomic E-state index is 0. The quantitative estimate of drug-likeness (QED) is 0.291. The molecule has 0 saturated carbocycles. The second-order valence-corrected chi connectivity index (χ2v) is 4.28. The molecule has 0 rings (SSSR count). The van der Waals surface area contributed by atoms with Crippen LogP contribution in [0, 0.1) is 0 Å². The summed E-state index contributed by atoms with van der Waals surface area (Å²) in [4.78, 5) is 33.8. The van der Waals surface area contributed by atoms with Crippen LogP contribution in [0.15, 0.2) is 25.3 Å². The summed E-state index contributed by atoms with van der Waals surface area (Å²) in [5, 5.41) is 0. The third-order valence-corrected chi connectivity index (χ3v) is 1.31. The summed E-state index contributed by atoms with van der Waals surface area (Å²) in [6.45, 7) is 13.5. The van der Waals surface area contributed by atoms with E-state index in [9.17, 15) is 0 Å². The smallest absolute Gasteiger partial charge is 0.674 e. The molecule has 0 saturated heterocycles. The largest absolute Gasteiger partial charge is 2.00 e. The van der Waals surface area contributed by atoms with Gasteiger partial charge in [0.25, 0.3) is 0 Å². The Labute approximate surface area is 149 Å². The van der Waals surface area contributed by atoms with E-state index in [0.29, 0.717) is 25.9 Å². The molecule has 0 spiro atoms. The van der Waals surface area contributed by atoms with Gasteiger partial charge in [-0.3, -0.25) is 19.2 Å². The Hall–Kier alpha value is -1.43. The molecule has 0 unspecified atom stereocenters. The van der Waals surface area contributed by atoms with E-state index in [1.165, 1.54) is 0 Å². The SMILES string of the molecule is C=CC[NH-].C=CC[NH-].CC(=[OH+])CC(C)=[OH+].CC(=[OH+])CC(C)=[OH+].[Ni+2]. The molecule has 0 bridgehead atoms. The first-order valence-electron chi connectivity index (χ1n) is 6.65. The monoisotopic (exact) mass is 374 g/mol. The molecule has 0 fully saturated rings. The standard InChI is InChI=1S/2C5H8O2.2C3H6N.Ni/c2*1-4(6)3-5(2)7;2*1-2-3-4;/h2*3H2,1-2H3;2*2,4H,1,3H2;/q;;2*-1;+2/p+4. The third-order valence-electron chi connectivity index (χ3n) is 1.31. The molecule has 0 aromatic heterocycles. The predicted molar refractivity (Wildman–Crippen MR) is 98.5 cm³/mol. The van der Waals surface area contributed by atoms with Gasteiger partial charge in [0.2, 0.25) is 0 Å². The van der Waals surface area contributed by atoms with Crippen molar-refractivity contribution < 1.29 is 35.7 Å². The molecule has 136 valence electrons. The fourth-order valence-corrected chi connectivity index (χ4v) is 0.740. The van der Waals surface area contributed by atoms with Crippen molar-refractivity contribution in [2.24, 2.45) is 0 Å². The van der Waals surface area contributed by atoms with Crippen molar-refractivity contribution in [1.82, 2.24) is 0 Å².